The maximum absolute atomic E-state index is 13.1. The molecule has 6 nitrogen and oxygen atoms in total. The van der Waals surface area contributed by atoms with Crippen molar-refractivity contribution < 1.29 is 17.6 Å². The first-order valence-electron chi connectivity index (χ1n) is 8.89. The lowest BCUT2D eigenvalue weighted by Crippen LogP contribution is -2.36. The van der Waals surface area contributed by atoms with E-state index in [1.165, 1.54) is 43.9 Å². The van der Waals surface area contributed by atoms with Gasteiger partial charge in [-0.05, 0) is 49.2 Å². The fraction of sp³-hybridized carbons (Fsp3) is 0.368. The normalized spacial score (nSPS) is 15.3. The van der Waals surface area contributed by atoms with Crippen LogP contribution in [-0.2, 0) is 10.0 Å². The molecule has 144 valence electrons. The topological polar surface area (TPSA) is 79.4 Å². The summed E-state index contributed by atoms with van der Waals surface area (Å²) in [5, 5.41) is 2.97. The molecule has 3 rings (SSSR count). The zero-order chi connectivity index (χ0) is 19.4. The maximum Gasteiger partial charge on any atom is 0.270 e. The van der Waals surface area contributed by atoms with E-state index < -0.39 is 15.8 Å². The summed E-state index contributed by atoms with van der Waals surface area (Å²) in [5.74, 6) is -0.821. The number of anilines is 1. The van der Waals surface area contributed by atoms with Gasteiger partial charge in [-0.25, -0.2) is 12.8 Å². The molecule has 1 amide bonds. The van der Waals surface area contributed by atoms with Crippen molar-refractivity contribution in [3.8, 4) is 0 Å². The number of hydrogen-bond donors (Lipinski definition) is 1. The minimum Gasteiger partial charge on any atom is -0.348 e. The van der Waals surface area contributed by atoms with E-state index in [-0.39, 0.29) is 22.5 Å². The molecule has 1 aromatic carbocycles. The second kappa shape index (κ2) is 8.04. The van der Waals surface area contributed by atoms with Crippen LogP contribution in [-0.4, -0.2) is 32.4 Å². The predicted molar refractivity (Wildman–Crippen MR) is 101 cm³/mol. The summed E-state index contributed by atoms with van der Waals surface area (Å²) in [4.78, 5) is 16.5. The molecule has 2 aromatic rings. The van der Waals surface area contributed by atoms with Gasteiger partial charge in [0.15, 0.2) is 0 Å². The lowest BCUT2D eigenvalue weighted by atomic mass is 9.95. The fourth-order valence-corrected chi connectivity index (χ4v) is 4.34. The van der Waals surface area contributed by atoms with Crippen molar-refractivity contribution >= 4 is 21.6 Å². The molecular weight excluding hydrogens is 369 g/mol. The summed E-state index contributed by atoms with van der Waals surface area (Å²) in [6.45, 7) is 0. The number of carbonyl (C=O) groups excluding carboxylic acids is 1. The molecule has 1 aliphatic rings. The molecular formula is C19H22FN3O3S. The molecule has 0 aliphatic heterocycles. The van der Waals surface area contributed by atoms with Gasteiger partial charge in [0.25, 0.3) is 15.9 Å². The summed E-state index contributed by atoms with van der Waals surface area (Å²) >= 11 is 0. The molecule has 1 aromatic heterocycles. The second-order valence-corrected chi connectivity index (χ2v) is 8.60. The Hall–Kier alpha value is -2.48. The van der Waals surface area contributed by atoms with E-state index in [1.807, 2.05) is 0 Å². The van der Waals surface area contributed by atoms with Crippen LogP contribution >= 0.6 is 0 Å². The average Bonchev–Trinajstić information content (AvgIpc) is 2.68. The Balaban J connectivity index is 1.79. The van der Waals surface area contributed by atoms with E-state index in [1.54, 1.807) is 0 Å². The molecule has 0 radical (unpaired) electrons. The van der Waals surface area contributed by atoms with E-state index in [9.17, 15) is 17.6 Å². The van der Waals surface area contributed by atoms with Crippen LogP contribution in [0, 0.1) is 5.82 Å². The molecule has 1 fully saturated rings. The first-order valence-corrected chi connectivity index (χ1v) is 10.3. The summed E-state index contributed by atoms with van der Waals surface area (Å²) in [6.07, 6.45) is 6.68. The molecule has 1 aliphatic carbocycles. The number of hydrogen-bond acceptors (Lipinski definition) is 4. The predicted octanol–water partition coefficient (Wildman–Crippen LogP) is 3.11. The van der Waals surface area contributed by atoms with Gasteiger partial charge in [-0.1, -0.05) is 19.3 Å². The first-order chi connectivity index (χ1) is 12.9. The molecule has 1 N–H and O–H groups in total. The molecule has 0 bridgehead atoms. The van der Waals surface area contributed by atoms with Gasteiger partial charge >= 0.3 is 0 Å². The highest BCUT2D eigenvalue weighted by atomic mass is 32.2. The van der Waals surface area contributed by atoms with Gasteiger partial charge < -0.3 is 5.32 Å². The SMILES string of the molecule is CN(c1ccnc(C(=O)NC2CCCCC2)c1)S(=O)(=O)c1ccc(F)cc1. The van der Waals surface area contributed by atoms with Crippen LogP contribution in [0.5, 0.6) is 0 Å². The molecule has 1 saturated carbocycles. The van der Waals surface area contributed by atoms with E-state index >= 15 is 0 Å². The Kier molecular flexibility index (Phi) is 5.74. The van der Waals surface area contributed by atoms with Crippen molar-refractivity contribution in [2.75, 3.05) is 11.4 Å². The number of amides is 1. The van der Waals surface area contributed by atoms with Crippen LogP contribution in [0.25, 0.3) is 0 Å². The first kappa shape index (κ1) is 19.3. The van der Waals surface area contributed by atoms with Crippen molar-refractivity contribution in [1.82, 2.24) is 10.3 Å². The lowest BCUT2D eigenvalue weighted by Gasteiger charge is -2.23. The number of rotatable bonds is 5. The van der Waals surface area contributed by atoms with Crippen molar-refractivity contribution in [3.05, 3.63) is 54.1 Å². The Morgan fingerprint density at radius 2 is 1.81 bits per heavy atom. The van der Waals surface area contributed by atoms with Crippen LogP contribution in [0.15, 0.2) is 47.5 Å². The minimum absolute atomic E-state index is 0.0311. The molecule has 8 heteroatoms. The van der Waals surface area contributed by atoms with Crippen LogP contribution in [0.1, 0.15) is 42.6 Å². The van der Waals surface area contributed by atoms with Gasteiger partial charge in [-0.3, -0.25) is 14.1 Å². The van der Waals surface area contributed by atoms with Crippen molar-refractivity contribution in [2.45, 2.75) is 43.0 Å². The second-order valence-electron chi connectivity index (χ2n) is 6.63. The largest absolute Gasteiger partial charge is 0.348 e. The van der Waals surface area contributed by atoms with Crippen LogP contribution < -0.4 is 9.62 Å². The van der Waals surface area contributed by atoms with E-state index in [4.69, 9.17) is 0 Å². The molecule has 0 saturated heterocycles. The number of nitrogens with zero attached hydrogens (tertiary/aromatic N) is 2. The zero-order valence-electron chi connectivity index (χ0n) is 15.1. The smallest absolute Gasteiger partial charge is 0.270 e. The van der Waals surface area contributed by atoms with Crippen LogP contribution in [0.3, 0.4) is 0 Å². The summed E-state index contributed by atoms with van der Waals surface area (Å²) in [5.41, 5.74) is 0.474. The van der Waals surface area contributed by atoms with Crippen LogP contribution in [0.4, 0.5) is 10.1 Å². The third-order valence-corrected chi connectivity index (χ3v) is 6.55. The van der Waals surface area contributed by atoms with Crippen molar-refractivity contribution in [1.29, 1.82) is 0 Å². The van der Waals surface area contributed by atoms with E-state index in [0.717, 1.165) is 42.1 Å². The highest BCUT2D eigenvalue weighted by Crippen LogP contribution is 2.23. The average molecular weight is 391 g/mol. The standard InChI is InChI=1S/C19H22FN3O3S/c1-23(27(25,26)17-9-7-14(20)8-10-17)16-11-12-21-18(13-16)19(24)22-15-5-3-2-4-6-15/h7-13,15H,2-6H2,1H3,(H,22,24). The zero-order valence-corrected chi connectivity index (χ0v) is 15.9. The van der Waals surface area contributed by atoms with Crippen LogP contribution in [0.2, 0.25) is 0 Å². The molecule has 27 heavy (non-hydrogen) atoms. The fourth-order valence-electron chi connectivity index (χ4n) is 3.15. The Morgan fingerprint density at radius 1 is 1.15 bits per heavy atom. The Bertz CT molecular complexity index is 910. The third kappa shape index (κ3) is 4.44. The van der Waals surface area contributed by atoms with Crippen molar-refractivity contribution in [2.24, 2.45) is 0 Å². The minimum atomic E-state index is -3.87. The summed E-state index contributed by atoms with van der Waals surface area (Å²) < 4.78 is 39.6. The highest BCUT2D eigenvalue weighted by molar-refractivity contribution is 7.92. The number of pyridine rings is 1. The van der Waals surface area contributed by atoms with Gasteiger partial charge in [-0.2, -0.15) is 0 Å². The van der Waals surface area contributed by atoms with Gasteiger partial charge in [0.1, 0.15) is 11.5 Å². The molecule has 0 atom stereocenters. The maximum atomic E-state index is 13.1. The highest BCUT2D eigenvalue weighted by Gasteiger charge is 2.23. The quantitative estimate of drug-likeness (QED) is 0.849. The molecule has 0 spiro atoms. The van der Waals surface area contributed by atoms with Gasteiger partial charge in [0.05, 0.1) is 10.6 Å². The van der Waals surface area contributed by atoms with Gasteiger partial charge in [0, 0.05) is 19.3 Å². The number of nitrogens with one attached hydrogen (secondary N) is 1. The Labute approximate surface area is 158 Å². The van der Waals surface area contributed by atoms with E-state index in [2.05, 4.69) is 10.3 Å². The van der Waals surface area contributed by atoms with Gasteiger partial charge in [-0.15, -0.1) is 0 Å². The lowest BCUT2D eigenvalue weighted by molar-refractivity contribution is 0.0922. The number of carbonyl (C=O) groups is 1. The number of benzene rings is 1. The number of halogens is 1. The summed E-state index contributed by atoms with van der Waals surface area (Å²) in [6, 6.07) is 7.69. The molecule has 1 heterocycles. The third-order valence-electron chi connectivity index (χ3n) is 4.75. The molecule has 0 unspecified atom stereocenters. The number of aromatic nitrogens is 1. The monoisotopic (exact) mass is 391 g/mol. The summed E-state index contributed by atoms with van der Waals surface area (Å²) in [7, 11) is -2.49. The van der Waals surface area contributed by atoms with Gasteiger partial charge in [0.2, 0.25) is 0 Å². The Morgan fingerprint density at radius 3 is 2.48 bits per heavy atom. The van der Waals surface area contributed by atoms with E-state index in [0.29, 0.717) is 5.69 Å². The van der Waals surface area contributed by atoms with Crippen molar-refractivity contribution in [3.63, 3.8) is 0 Å². The number of sulfonamides is 1.